The second-order valence-electron chi connectivity index (χ2n) is 4.01. The van der Waals surface area contributed by atoms with Gasteiger partial charge in [-0.2, -0.15) is 0 Å². The molecule has 1 amide bonds. The van der Waals surface area contributed by atoms with E-state index in [1.165, 1.54) is 12.3 Å². The molecular weight excluding hydrogens is 258 g/mol. The Hall–Kier alpha value is -2.76. The second-order valence-corrected chi connectivity index (χ2v) is 4.01. The first-order valence-electron chi connectivity index (χ1n) is 5.96. The first-order chi connectivity index (χ1) is 9.66. The van der Waals surface area contributed by atoms with E-state index in [9.17, 15) is 9.59 Å². The maximum absolute atomic E-state index is 11.7. The van der Waals surface area contributed by atoms with Gasteiger partial charge in [0, 0.05) is 12.4 Å². The third-order valence-electron chi connectivity index (χ3n) is 2.48. The number of carbonyl (C=O) groups excluding carboxylic acids is 2. The molecule has 0 radical (unpaired) electrons. The quantitative estimate of drug-likeness (QED) is 0.854. The number of rotatable bonds is 4. The van der Waals surface area contributed by atoms with E-state index in [0.29, 0.717) is 5.82 Å². The van der Waals surface area contributed by atoms with Gasteiger partial charge < -0.3 is 10.1 Å². The first-order valence-corrected chi connectivity index (χ1v) is 5.96. The van der Waals surface area contributed by atoms with Crippen molar-refractivity contribution in [1.29, 1.82) is 0 Å². The number of carbonyl (C=O) groups is 2. The highest BCUT2D eigenvalue weighted by molar-refractivity contribution is 5.94. The largest absolute Gasteiger partial charge is 0.451 e. The molecule has 0 bridgehead atoms. The van der Waals surface area contributed by atoms with Crippen molar-refractivity contribution in [2.24, 2.45) is 0 Å². The van der Waals surface area contributed by atoms with Gasteiger partial charge in [0.05, 0.1) is 0 Å². The number of anilines is 1. The fourth-order valence-corrected chi connectivity index (χ4v) is 1.47. The number of nitrogens with one attached hydrogen (secondary N) is 1. The Labute approximate surface area is 115 Å². The van der Waals surface area contributed by atoms with Crippen LogP contribution < -0.4 is 5.32 Å². The van der Waals surface area contributed by atoms with Crippen LogP contribution in [0.2, 0.25) is 0 Å². The molecule has 6 heteroatoms. The van der Waals surface area contributed by atoms with Crippen LogP contribution in [0.25, 0.3) is 0 Å². The predicted octanol–water partition coefficient (Wildman–Crippen LogP) is 1.58. The molecular formula is C14H13N3O3. The highest BCUT2D eigenvalue weighted by Crippen LogP contribution is 2.08. The predicted molar refractivity (Wildman–Crippen MR) is 72.1 cm³/mol. The lowest BCUT2D eigenvalue weighted by molar-refractivity contribution is -0.119. The topological polar surface area (TPSA) is 81.2 Å². The Morgan fingerprint density at radius 3 is 2.65 bits per heavy atom. The summed E-state index contributed by atoms with van der Waals surface area (Å²) < 4.78 is 4.86. The lowest BCUT2D eigenvalue weighted by Crippen LogP contribution is -2.22. The van der Waals surface area contributed by atoms with Crippen LogP contribution in [0.1, 0.15) is 16.1 Å². The minimum Gasteiger partial charge on any atom is -0.451 e. The van der Waals surface area contributed by atoms with Crippen molar-refractivity contribution in [2.75, 3.05) is 11.9 Å². The first kappa shape index (κ1) is 13.7. The number of esters is 1. The van der Waals surface area contributed by atoms with E-state index in [0.717, 1.165) is 5.56 Å². The van der Waals surface area contributed by atoms with Gasteiger partial charge in [-0.05, 0) is 30.7 Å². The van der Waals surface area contributed by atoms with Crippen LogP contribution in [0.3, 0.4) is 0 Å². The van der Waals surface area contributed by atoms with E-state index in [4.69, 9.17) is 4.74 Å². The van der Waals surface area contributed by atoms with Crippen LogP contribution in [-0.2, 0) is 9.53 Å². The van der Waals surface area contributed by atoms with E-state index in [1.807, 2.05) is 13.0 Å². The molecule has 6 nitrogen and oxygen atoms in total. The van der Waals surface area contributed by atoms with Gasteiger partial charge in [0.15, 0.2) is 6.61 Å². The smallest absolute Gasteiger partial charge is 0.357 e. The Balaban J connectivity index is 1.87. The van der Waals surface area contributed by atoms with Crippen LogP contribution in [0.5, 0.6) is 0 Å². The molecule has 2 aromatic rings. The Morgan fingerprint density at radius 2 is 1.95 bits per heavy atom. The molecule has 0 fully saturated rings. The summed E-state index contributed by atoms with van der Waals surface area (Å²) in [4.78, 5) is 31.1. The fourth-order valence-electron chi connectivity index (χ4n) is 1.47. The van der Waals surface area contributed by atoms with E-state index < -0.39 is 11.9 Å². The Kier molecular flexibility index (Phi) is 4.39. The highest BCUT2D eigenvalue weighted by atomic mass is 16.5. The third-order valence-corrected chi connectivity index (χ3v) is 2.48. The third kappa shape index (κ3) is 3.61. The highest BCUT2D eigenvalue weighted by Gasteiger charge is 2.11. The van der Waals surface area contributed by atoms with Crippen LogP contribution in [0, 0.1) is 6.92 Å². The molecule has 0 aliphatic heterocycles. The van der Waals surface area contributed by atoms with Gasteiger partial charge in [-0.1, -0.05) is 12.1 Å². The molecule has 2 aromatic heterocycles. The summed E-state index contributed by atoms with van der Waals surface area (Å²) in [5.41, 5.74) is 0.992. The minimum atomic E-state index is -0.640. The van der Waals surface area contributed by atoms with Crippen molar-refractivity contribution in [3.63, 3.8) is 0 Å². The molecule has 0 aliphatic rings. The number of ether oxygens (including phenoxy) is 1. The van der Waals surface area contributed by atoms with Crippen LogP contribution in [0.15, 0.2) is 42.7 Å². The molecule has 0 saturated heterocycles. The molecule has 0 aliphatic carbocycles. The van der Waals surface area contributed by atoms with Crippen molar-refractivity contribution in [1.82, 2.24) is 9.97 Å². The number of hydrogen-bond acceptors (Lipinski definition) is 5. The molecule has 20 heavy (non-hydrogen) atoms. The molecule has 0 aromatic carbocycles. The maximum Gasteiger partial charge on any atom is 0.357 e. The molecule has 1 N–H and O–H groups in total. The van der Waals surface area contributed by atoms with Crippen molar-refractivity contribution < 1.29 is 14.3 Å². The van der Waals surface area contributed by atoms with E-state index >= 15 is 0 Å². The van der Waals surface area contributed by atoms with Crippen molar-refractivity contribution in [3.8, 4) is 0 Å². The standard InChI is InChI=1S/C14H13N3O3/c1-10-5-4-8-16-13(10)17-12(18)9-20-14(19)11-6-2-3-7-15-11/h2-8H,9H2,1H3,(H,16,17,18). The molecule has 2 heterocycles. The van der Waals surface area contributed by atoms with Gasteiger partial charge in [-0.15, -0.1) is 0 Å². The zero-order valence-corrected chi connectivity index (χ0v) is 10.9. The van der Waals surface area contributed by atoms with Gasteiger partial charge in [-0.25, -0.2) is 14.8 Å². The number of aryl methyl sites for hydroxylation is 1. The number of pyridine rings is 2. The van der Waals surface area contributed by atoms with Gasteiger partial charge >= 0.3 is 5.97 Å². The summed E-state index contributed by atoms with van der Waals surface area (Å²) >= 11 is 0. The zero-order chi connectivity index (χ0) is 14.4. The summed E-state index contributed by atoms with van der Waals surface area (Å²) in [6, 6.07) is 8.46. The van der Waals surface area contributed by atoms with Crippen molar-refractivity contribution in [3.05, 3.63) is 54.0 Å². The second kappa shape index (κ2) is 6.42. The van der Waals surface area contributed by atoms with E-state index in [-0.39, 0.29) is 12.3 Å². The summed E-state index contributed by atoms with van der Waals surface area (Å²) in [6.45, 7) is 1.44. The zero-order valence-electron chi connectivity index (χ0n) is 10.9. The molecule has 0 atom stereocenters. The minimum absolute atomic E-state index is 0.161. The number of amides is 1. The lowest BCUT2D eigenvalue weighted by Gasteiger charge is -2.07. The monoisotopic (exact) mass is 271 g/mol. The number of hydrogen-bond donors (Lipinski definition) is 1. The lowest BCUT2D eigenvalue weighted by atomic mass is 10.3. The van der Waals surface area contributed by atoms with Crippen LogP contribution >= 0.6 is 0 Å². The van der Waals surface area contributed by atoms with Crippen molar-refractivity contribution >= 4 is 17.7 Å². The maximum atomic E-state index is 11.7. The van der Waals surface area contributed by atoms with Crippen molar-refractivity contribution in [2.45, 2.75) is 6.92 Å². The van der Waals surface area contributed by atoms with Gasteiger partial charge in [0.2, 0.25) is 0 Å². The van der Waals surface area contributed by atoms with E-state index in [2.05, 4.69) is 15.3 Å². The van der Waals surface area contributed by atoms with Crippen LogP contribution in [-0.4, -0.2) is 28.5 Å². The van der Waals surface area contributed by atoms with Crippen LogP contribution in [0.4, 0.5) is 5.82 Å². The Morgan fingerprint density at radius 1 is 1.15 bits per heavy atom. The van der Waals surface area contributed by atoms with Gasteiger partial charge in [0.1, 0.15) is 11.5 Å². The summed E-state index contributed by atoms with van der Waals surface area (Å²) in [5.74, 6) is -0.638. The summed E-state index contributed by atoms with van der Waals surface area (Å²) in [5, 5.41) is 2.57. The number of aromatic nitrogens is 2. The molecule has 0 unspecified atom stereocenters. The number of nitrogens with zero attached hydrogens (tertiary/aromatic N) is 2. The SMILES string of the molecule is Cc1cccnc1NC(=O)COC(=O)c1ccccn1. The normalized spacial score (nSPS) is 9.85. The molecule has 102 valence electrons. The average Bonchev–Trinajstić information content (AvgIpc) is 2.48. The van der Waals surface area contributed by atoms with E-state index in [1.54, 1.807) is 24.4 Å². The fraction of sp³-hybridized carbons (Fsp3) is 0.143. The summed E-state index contributed by atoms with van der Waals surface area (Å²) in [6.07, 6.45) is 3.05. The Bertz CT molecular complexity index is 614. The van der Waals surface area contributed by atoms with Gasteiger partial charge in [0.25, 0.3) is 5.91 Å². The molecule has 0 spiro atoms. The van der Waals surface area contributed by atoms with Gasteiger partial charge in [-0.3, -0.25) is 4.79 Å². The average molecular weight is 271 g/mol. The molecule has 0 saturated carbocycles. The molecule has 2 rings (SSSR count). The summed E-state index contributed by atoms with van der Waals surface area (Å²) in [7, 11) is 0.